The van der Waals surface area contributed by atoms with Gasteiger partial charge in [0.1, 0.15) is 0 Å². The van der Waals surface area contributed by atoms with Crippen LogP contribution in [0.5, 0.6) is 0 Å². The maximum atomic E-state index is 12.1. The number of hydrogen-bond acceptors (Lipinski definition) is 4. The van der Waals surface area contributed by atoms with Crippen LogP contribution in [0.4, 0.5) is 21.0 Å². The van der Waals surface area contributed by atoms with Crippen LogP contribution in [0, 0.1) is 0 Å². The van der Waals surface area contributed by atoms with Crippen LogP contribution in [0.25, 0.3) is 0 Å². The van der Waals surface area contributed by atoms with E-state index in [1.165, 1.54) is 4.90 Å². The lowest BCUT2D eigenvalue weighted by atomic mass is 10.1. The molecule has 2 aromatic rings. The van der Waals surface area contributed by atoms with Crippen LogP contribution in [0.1, 0.15) is 25.5 Å². The Labute approximate surface area is 147 Å². The van der Waals surface area contributed by atoms with E-state index >= 15 is 0 Å². The van der Waals surface area contributed by atoms with Gasteiger partial charge in [0, 0.05) is 30.8 Å². The van der Waals surface area contributed by atoms with E-state index in [1.807, 2.05) is 19.1 Å². The van der Waals surface area contributed by atoms with Crippen molar-refractivity contribution in [2.45, 2.75) is 19.9 Å². The Morgan fingerprint density at radius 2 is 1.80 bits per heavy atom. The smallest absolute Gasteiger partial charge is 0.413 e. The quantitative estimate of drug-likeness (QED) is 0.870. The molecule has 7 heteroatoms. The van der Waals surface area contributed by atoms with Gasteiger partial charge in [-0.05, 0) is 55.8 Å². The fourth-order valence-corrected chi connectivity index (χ4v) is 2.19. The van der Waals surface area contributed by atoms with E-state index in [2.05, 4.69) is 15.6 Å². The molecule has 0 saturated heterocycles. The third-order valence-electron chi connectivity index (χ3n) is 3.61. The highest BCUT2D eigenvalue weighted by atomic mass is 16.6. The molecule has 7 nitrogen and oxygen atoms in total. The van der Waals surface area contributed by atoms with Crippen molar-refractivity contribution in [3.8, 4) is 0 Å². The van der Waals surface area contributed by atoms with E-state index in [0.717, 1.165) is 5.56 Å². The highest BCUT2D eigenvalue weighted by molar-refractivity contribution is 5.91. The molecule has 0 saturated carbocycles. The van der Waals surface area contributed by atoms with Gasteiger partial charge in [0.05, 0.1) is 12.6 Å². The maximum Gasteiger partial charge on any atom is 0.413 e. The molecule has 132 valence electrons. The first kappa shape index (κ1) is 18.3. The van der Waals surface area contributed by atoms with Crippen LogP contribution in [-0.2, 0) is 4.74 Å². The summed E-state index contributed by atoms with van der Waals surface area (Å²) < 4.78 is 4.94. The lowest BCUT2D eigenvalue weighted by Crippen LogP contribution is -2.31. The van der Waals surface area contributed by atoms with Gasteiger partial charge in [-0.15, -0.1) is 0 Å². The third-order valence-corrected chi connectivity index (χ3v) is 3.61. The molecule has 1 unspecified atom stereocenters. The molecular formula is C18H22N4O3. The van der Waals surface area contributed by atoms with Gasteiger partial charge in [0.25, 0.3) is 0 Å². The fourth-order valence-electron chi connectivity index (χ4n) is 2.19. The minimum absolute atomic E-state index is 0.141. The number of pyridine rings is 1. The van der Waals surface area contributed by atoms with E-state index in [-0.39, 0.29) is 12.1 Å². The molecule has 1 aromatic heterocycles. The van der Waals surface area contributed by atoms with Gasteiger partial charge >= 0.3 is 12.1 Å². The van der Waals surface area contributed by atoms with Gasteiger partial charge < -0.3 is 15.4 Å². The molecular weight excluding hydrogens is 320 g/mol. The summed E-state index contributed by atoms with van der Waals surface area (Å²) >= 11 is 0. The molecule has 0 aliphatic rings. The summed E-state index contributed by atoms with van der Waals surface area (Å²) in [5.74, 6) is 0. The molecule has 1 aromatic carbocycles. The van der Waals surface area contributed by atoms with Crippen LogP contribution in [0.15, 0.2) is 48.8 Å². The maximum absolute atomic E-state index is 12.1. The van der Waals surface area contributed by atoms with Crippen molar-refractivity contribution >= 4 is 23.5 Å². The zero-order valence-corrected chi connectivity index (χ0v) is 14.5. The largest absolute Gasteiger partial charge is 0.449 e. The van der Waals surface area contributed by atoms with Crippen LogP contribution in [0.2, 0.25) is 0 Å². The number of urea groups is 1. The standard InChI is InChI=1S/C18H22N4O3/c1-4-25-18(24)22(3)16-7-5-15(6-8-16)21-17(23)20-13(2)14-9-11-19-12-10-14/h5-13H,4H2,1-3H3,(H2,20,21,23). The summed E-state index contributed by atoms with van der Waals surface area (Å²) in [6.45, 7) is 3.97. The second kappa shape index (κ2) is 8.68. The number of anilines is 2. The van der Waals surface area contributed by atoms with Crippen molar-refractivity contribution in [1.29, 1.82) is 0 Å². The molecule has 2 N–H and O–H groups in total. The molecule has 0 spiro atoms. The monoisotopic (exact) mass is 342 g/mol. The Bertz CT molecular complexity index is 704. The Morgan fingerprint density at radius 1 is 1.16 bits per heavy atom. The average molecular weight is 342 g/mol. The van der Waals surface area contributed by atoms with Crippen molar-refractivity contribution in [3.63, 3.8) is 0 Å². The van der Waals surface area contributed by atoms with E-state index < -0.39 is 6.09 Å². The predicted octanol–water partition coefficient (Wildman–Crippen LogP) is 3.56. The molecule has 0 radical (unpaired) electrons. The van der Waals surface area contributed by atoms with Crippen molar-refractivity contribution in [2.24, 2.45) is 0 Å². The third kappa shape index (κ3) is 5.20. The van der Waals surface area contributed by atoms with Crippen molar-refractivity contribution in [3.05, 3.63) is 54.4 Å². The Balaban J connectivity index is 1.92. The summed E-state index contributed by atoms with van der Waals surface area (Å²) in [4.78, 5) is 29.1. The highest BCUT2D eigenvalue weighted by Crippen LogP contribution is 2.18. The summed E-state index contributed by atoms with van der Waals surface area (Å²) in [6, 6.07) is 10.2. The molecule has 1 heterocycles. The second-order valence-electron chi connectivity index (χ2n) is 5.41. The van der Waals surface area contributed by atoms with E-state index in [0.29, 0.717) is 18.0 Å². The van der Waals surface area contributed by atoms with E-state index in [9.17, 15) is 9.59 Å². The fraction of sp³-hybridized carbons (Fsp3) is 0.278. The molecule has 0 aliphatic heterocycles. The highest BCUT2D eigenvalue weighted by Gasteiger charge is 2.12. The van der Waals surface area contributed by atoms with Crippen molar-refractivity contribution < 1.29 is 14.3 Å². The lowest BCUT2D eigenvalue weighted by Gasteiger charge is -2.17. The number of ether oxygens (including phenoxy) is 1. The van der Waals surface area contributed by atoms with Gasteiger partial charge in [0.2, 0.25) is 0 Å². The molecule has 25 heavy (non-hydrogen) atoms. The molecule has 0 fully saturated rings. The zero-order chi connectivity index (χ0) is 18.2. The Hall–Kier alpha value is -3.09. The van der Waals surface area contributed by atoms with E-state index in [1.54, 1.807) is 50.6 Å². The van der Waals surface area contributed by atoms with Gasteiger partial charge in [0.15, 0.2) is 0 Å². The number of amides is 3. The van der Waals surface area contributed by atoms with Gasteiger partial charge in [-0.3, -0.25) is 9.88 Å². The minimum Gasteiger partial charge on any atom is -0.449 e. The summed E-state index contributed by atoms with van der Waals surface area (Å²) in [7, 11) is 1.63. The number of carbonyl (C=O) groups excluding carboxylic acids is 2. The first-order chi connectivity index (χ1) is 12.0. The number of carbonyl (C=O) groups is 2. The van der Waals surface area contributed by atoms with Gasteiger partial charge in [-0.25, -0.2) is 9.59 Å². The number of benzene rings is 1. The zero-order valence-electron chi connectivity index (χ0n) is 14.5. The first-order valence-electron chi connectivity index (χ1n) is 7.99. The molecule has 0 bridgehead atoms. The molecule has 3 amide bonds. The van der Waals surface area contributed by atoms with Crippen molar-refractivity contribution in [1.82, 2.24) is 10.3 Å². The predicted molar refractivity (Wildman–Crippen MR) is 96.7 cm³/mol. The van der Waals surface area contributed by atoms with Crippen molar-refractivity contribution in [2.75, 3.05) is 23.9 Å². The topological polar surface area (TPSA) is 83.6 Å². The first-order valence-corrected chi connectivity index (χ1v) is 7.99. The number of nitrogens with zero attached hydrogens (tertiary/aromatic N) is 2. The summed E-state index contributed by atoms with van der Waals surface area (Å²) in [5.41, 5.74) is 2.27. The van der Waals surface area contributed by atoms with Crippen LogP contribution < -0.4 is 15.5 Å². The normalized spacial score (nSPS) is 11.3. The minimum atomic E-state index is -0.424. The van der Waals surface area contributed by atoms with Crippen LogP contribution in [-0.4, -0.2) is 30.8 Å². The van der Waals surface area contributed by atoms with E-state index in [4.69, 9.17) is 4.74 Å². The SMILES string of the molecule is CCOC(=O)N(C)c1ccc(NC(=O)NC(C)c2ccncc2)cc1. The Kier molecular flexibility index (Phi) is 6.33. The molecule has 1 atom stereocenters. The van der Waals surface area contributed by atoms with Crippen LogP contribution >= 0.6 is 0 Å². The van der Waals surface area contributed by atoms with Crippen LogP contribution in [0.3, 0.4) is 0 Å². The number of aromatic nitrogens is 1. The lowest BCUT2D eigenvalue weighted by molar-refractivity contribution is 0.161. The van der Waals surface area contributed by atoms with Gasteiger partial charge in [-0.1, -0.05) is 0 Å². The van der Waals surface area contributed by atoms with Gasteiger partial charge in [-0.2, -0.15) is 0 Å². The summed E-state index contributed by atoms with van der Waals surface area (Å²) in [6.07, 6.45) is 2.95. The summed E-state index contributed by atoms with van der Waals surface area (Å²) in [5, 5.41) is 5.62. The Morgan fingerprint density at radius 3 is 2.40 bits per heavy atom. The second-order valence-corrected chi connectivity index (χ2v) is 5.41. The average Bonchev–Trinajstić information content (AvgIpc) is 2.62. The number of nitrogens with one attached hydrogen (secondary N) is 2. The molecule has 2 rings (SSSR count). The number of hydrogen-bond donors (Lipinski definition) is 2. The molecule has 0 aliphatic carbocycles. The number of rotatable bonds is 5.